The fraction of sp³-hybridized carbons (Fsp3) is 0.462. The lowest BCUT2D eigenvalue weighted by atomic mass is 10.0. The lowest BCUT2D eigenvalue weighted by Crippen LogP contribution is -2.39. The van der Waals surface area contributed by atoms with Gasteiger partial charge in [0.05, 0.1) is 10.2 Å². The molecule has 0 saturated carbocycles. The summed E-state index contributed by atoms with van der Waals surface area (Å²) in [6.45, 7) is 4.23. The topological polar surface area (TPSA) is 38.3 Å². The molecule has 0 heterocycles. The molecule has 0 radical (unpaired) electrons. The molecule has 106 valence electrons. The Morgan fingerprint density at radius 1 is 1.37 bits per heavy atom. The van der Waals surface area contributed by atoms with Gasteiger partial charge in [0.25, 0.3) is 0 Å². The van der Waals surface area contributed by atoms with Gasteiger partial charge in [-0.2, -0.15) is 12.6 Å². The number of hydrogen-bond acceptors (Lipinski definition) is 3. The summed E-state index contributed by atoms with van der Waals surface area (Å²) in [5, 5.41) is 3.01. The van der Waals surface area contributed by atoms with Crippen molar-refractivity contribution in [2.75, 3.05) is 5.33 Å². The molecule has 2 atom stereocenters. The van der Waals surface area contributed by atoms with Crippen LogP contribution in [0, 0.1) is 0 Å². The van der Waals surface area contributed by atoms with E-state index in [1.807, 2.05) is 12.1 Å². The summed E-state index contributed by atoms with van der Waals surface area (Å²) in [7, 11) is 0. The number of amides is 1. The van der Waals surface area contributed by atoms with Gasteiger partial charge in [-0.25, -0.2) is 4.79 Å². The maximum Gasteiger partial charge on any atom is 0.413 e. The summed E-state index contributed by atoms with van der Waals surface area (Å²) in [6, 6.07) is 7.49. The van der Waals surface area contributed by atoms with Crippen LogP contribution in [0.1, 0.15) is 25.3 Å². The molecule has 0 aliphatic heterocycles. The van der Waals surface area contributed by atoms with E-state index in [1.54, 1.807) is 12.1 Å². The van der Waals surface area contributed by atoms with Crippen LogP contribution < -0.4 is 10.1 Å². The molecule has 3 nitrogen and oxygen atoms in total. The second kappa shape index (κ2) is 8.17. The Morgan fingerprint density at radius 2 is 1.95 bits per heavy atom. The first-order valence-electron chi connectivity index (χ1n) is 5.90. The quantitative estimate of drug-likeness (QED) is 0.431. The maximum atomic E-state index is 11.6. The average Bonchev–Trinajstić information content (AvgIpc) is 2.38. The highest BCUT2D eigenvalue weighted by Gasteiger charge is 2.17. The van der Waals surface area contributed by atoms with Crippen molar-refractivity contribution in [3.63, 3.8) is 0 Å². The molecular formula is C13H17Br2NO2S. The van der Waals surface area contributed by atoms with Crippen LogP contribution in [0.15, 0.2) is 24.3 Å². The SMILES string of the molecule is CC(C)c1ccc(OC(=O)NC(S)C(Br)CBr)cc1. The molecule has 19 heavy (non-hydrogen) atoms. The third-order valence-electron chi connectivity index (χ3n) is 2.51. The van der Waals surface area contributed by atoms with Crippen molar-refractivity contribution >= 4 is 50.6 Å². The molecule has 0 spiro atoms. The summed E-state index contributed by atoms with van der Waals surface area (Å²) in [5.41, 5.74) is 1.21. The fourth-order valence-corrected chi connectivity index (χ4v) is 2.36. The molecule has 1 aromatic rings. The number of ether oxygens (including phenoxy) is 1. The summed E-state index contributed by atoms with van der Waals surface area (Å²) >= 11 is 11.0. The number of halogens is 2. The number of carbonyl (C=O) groups excluding carboxylic acids is 1. The first-order chi connectivity index (χ1) is 8.93. The molecule has 2 unspecified atom stereocenters. The van der Waals surface area contributed by atoms with E-state index in [-0.39, 0.29) is 10.2 Å². The number of carbonyl (C=O) groups is 1. The zero-order valence-corrected chi connectivity index (χ0v) is 14.8. The molecule has 0 aliphatic rings. The van der Waals surface area contributed by atoms with Crippen LogP contribution in [0.5, 0.6) is 5.75 Å². The van der Waals surface area contributed by atoms with Gasteiger partial charge < -0.3 is 10.1 Å². The van der Waals surface area contributed by atoms with Gasteiger partial charge >= 0.3 is 6.09 Å². The second-order valence-corrected chi connectivity index (χ2v) is 6.75. The lowest BCUT2D eigenvalue weighted by Gasteiger charge is -2.16. The molecule has 0 fully saturated rings. The molecule has 0 saturated heterocycles. The third-order valence-corrected chi connectivity index (χ3v) is 5.83. The highest BCUT2D eigenvalue weighted by molar-refractivity contribution is 9.12. The predicted molar refractivity (Wildman–Crippen MR) is 89.0 cm³/mol. The van der Waals surface area contributed by atoms with Crippen LogP contribution in [0.4, 0.5) is 4.79 Å². The fourth-order valence-electron chi connectivity index (χ4n) is 1.35. The predicted octanol–water partition coefficient (Wildman–Crippen LogP) is 4.31. The average molecular weight is 411 g/mol. The van der Waals surface area contributed by atoms with Crippen molar-refractivity contribution < 1.29 is 9.53 Å². The number of thiol groups is 1. The molecule has 0 aliphatic carbocycles. The maximum absolute atomic E-state index is 11.6. The van der Waals surface area contributed by atoms with Gasteiger partial charge in [0.15, 0.2) is 0 Å². The number of benzene rings is 1. The Morgan fingerprint density at radius 3 is 2.42 bits per heavy atom. The van der Waals surface area contributed by atoms with Crippen LogP contribution in [-0.2, 0) is 0 Å². The van der Waals surface area contributed by atoms with Crippen molar-refractivity contribution in [1.29, 1.82) is 0 Å². The van der Waals surface area contributed by atoms with Gasteiger partial charge in [0, 0.05) is 5.33 Å². The smallest absolute Gasteiger partial charge is 0.410 e. The van der Waals surface area contributed by atoms with E-state index in [0.717, 1.165) is 0 Å². The molecule has 0 aromatic heterocycles. The minimum absolute atomic E-state index is 0.0340. The van der Waals surface area contributed by atoms with Crippen molar-refractivity contribution in [3.05, 3.63) is 29.8 Å². The number of alkyl halides is 2. The Balaban J connectivity index is 2.52. The Bertz CT molecular complexity index is 412. The minimum atomic E-state index is -0.511. The molecule has 1 rings (SSSR count). The van der Waals surface area contributed by atoms with Crippen LogP contribution in [0.25, 0.3) is 0 Å². The standard InChI is InChI=1S/C13H17Br2NO2S/c1-8(2)9-3-5-10(6-4-9)18-13(17)16-12(19)11(15)7-14/h3-6,8,11-12,19H,7H2,1-2H3,(H,16,17). The van der Waals surface area contributed by atoms with Gasteiger partial charge in [0.2, 0.25) is 0 Å². The van der Waals surface area contributed by atoms with E-state index in [2.05, 4.69) is 63.7 Å². The molecule has 0 bridgehead atoms. The molecular weight excluding hydrogens is 394 g/mol. The molecule has 1 aromatic carbocycles. The molecule has 6 heteroatoms. The Labute approximate surface area is 136 Å². The Kier molecular flexibility index (Phi) is 7.25. The second-order valence-electron chi connectivity index (χ2n) is 4.37. The summed E-state index contributed by atoms with van der Waals surface area (Å²) in [4.78, 5) is 11.7. The van der Waals surface area contributed by atoms with Crippen LogP contribution in [0.2, 0.25) is 0 Å². The van der Waals surface area contributed by atoms with Crippen molar-refractivity contribution in [3.8, 4) is 5.75 Å². The number of hydrogen-bond donors (Lipinski definition) is 2. The van der Waals surface area contributed by atoms with Crippen molar-refractivity contribution in [2.45, 2.75) is 30.0 Å². The summed E-state index contributed by atoms with van der Waals surface area (Å²) in [6.07, 6.45) is -0.511. The Hall–Kier alpha value is -0.200. The van der Waals surface area contributed by atoms with Gasteiger partial charge in [-0.15, -0.1) is 0 Å². The minimum Gasteiger partial charge on any atom is -0.410 e. The zero-order valence-electron chi connectivity index (χ0n) is 10.8. The lowest BCUT2D eigenvalue weighted by molar-refractivity contribution is 0.199. The number of rotatable bonds is 5. The van der Waals surface area contributed by atoms with E-state index in [9.17, 15) is 4.79 Å². The monoisotopic (exact) mass is 409 g/mol. The van der Waals surface area contributed by atoms with E-state index in [1.165, 1.54) is 5.56 Å². The third kappa shape index (κ3) is 5.75. The van der Waals surface area contributed by atoms with Crippen molar-refractivity contribution in [1.82, 2.24) is 5.32 Å². The summed E-state index contributed by atoms with van der Waals surface area (Å²) < 4.78 is 5.18. The van der Waals surface area contributed by atoms with E-state index < -0.39 is 6.09 Å². The first kappa shape index (κ1) is 16.9. The summed E-state index contributed by atoms with van der Waals surface area (Å²) in [5.74, 6) is 0.977. The first-order valence-corrected chi connectivity index (χ1v) is 8.45. The number of nitrogens with one attached hydrogen (secondary N) is 1. The highest BCUT2D eigenvalue weighted by atomic mass is 79.9. The van der Waals surface area contributed by atoms with Crippen LogP contribution in [-0.4, -0.2) is 21.6 Å². The van der Waals surface area contributed by atoms with Crippen LogP contribution >= 0.6 is 44.5 Å². The largest absolute Gasteiger partial charge is 0.413 e. The normalized spacial score (nSPS) is 14.0. The molecule has 1 N–H and O–H groups in total. The van der Waals surface area contributed by atoms with E-state index in [0.29, 0.717) is 17.0 Å². The van der Waals surface area contributed by atoms with Gasteiger partial charge in [-0.1, -0.05) is 57.8 Å². The van der Waals surface area contributed by atoms with Gasteiger partial charge in [-0.05, 0) is 23.6 Å². The van der Waals surface area contributed by atoms with Gasteiger partial charge in [-0.3, -0.25) is 0 Å². The highest BCUT2D eigenvalue weighted by Crippen LogP contribution is 2.19. The molecule has 1 amide bonds. The van der Waals surface area contributed by atoms with E-state index >= 15 is 0 Å². The van der Waals surface area contributed by atoms with Gasteiger partial charge in [0.1, 0.15) is 5.75 Å². The van der Waals surface area contributed by atoms with Crippen LogP contribution in [0.3, 0.4) is 0 Å². The van der Waals surface area contributed by atoms with Crippen molar-refractivity contribution in [2.24, 2.45) is 0 Å². The zero-order chi connectivity index (χ0) is 14.4. The van der Waals surface area contributed by atoms with E-state index in [4.69, 9.17) is 4.74 Å².